The summed E-state index contributed by atoms with van der Waals surface area (Å²) in [7, 11) is 1.26. The molecule has 0 amide bonds. The molecule has 0 saturated carbocycles. The number of aromatic nitrogens is 1. The Morgan fingerprint density at radius 2 is 2.31 bits per heavy atom. The molecule has 0 aliphatic carbocycles. The molecule has 7 heteroatoms. The van der Waals surface area contributed by atoms with E-state index in [1.807, 2.05) is 0 Å². The molecule has 0 unspecified atom stereocenters. The van der Waals surface area contributed by atoms with Gasteiger partial charge < -0.3 is 9.94 Å². The molecule has 1 aromatic heterocycles. The number of halogens is 1. The molecular formula is C6H5BrN2O4. The second kappa shape index (κ2) is 3.56. The molecule has 0 bridgehead atoms. The van der Waals surface area contributed by atoms with E-state index in [1.54, 1.807) is 0 Å². The lowest BCUT2D eigenvalue weighted by atomic mass is 10.4. The molecule has 0 atom stereocenters. The van der Waals surface area contributed by atoms with Gasteiger partial charge in [0, 0.05) is 15.9 Å². The SMILES string of the molecule is COc1c([N+](=O)[O-])cc[n+]([O-])c1Br. The Hall–Kier alpha value is -1.37. The van der Waals surface area contributed by atoms with Crippen LogP contribution in [-0.4, -0.2) is 12.0 Å². The van der Waals surface area contributed by atoms with Gasteiger partial charge in [-0.25, -0.2) is 0 Å². The molecule has 0 N–H and O–H groups in total. The van der Waals surface area contributed by atoms with Gasteiger partial charge in [0.1, 0.15) is 0 Å². The minimum Gasteiger partial charge on any atom is -0.618 e. The Kier molecular flexibility index (Phi) is 2.66. The Morgan fingerprint density at radius 3 is 2.77 bits per heavy atom. The topological polar surface area (TPSA) is 79.3 Å². The maximum Gasteiger partial charge on any atom is 0.324 e. The van der Waals surface area contributed by atoms with E-state index in [0.717, 1.165) is 12.3 Å². The molecule has 70 valence electrons. The molecule has 0 aromatic carbocycles. The molecule has 0 fully saturated rings. The highest BCUT2D eigenvalue weighted by atomic mass is 79.9. The van der Waals surface area contributed by atoms with E-state index in [1.165, 1.54) is 7.11 Å². The first-order valence-electron chi connectivity index (χ1n) is 3.18. The van der Waals surface area contributed by atoms with Crippen molar-refractivity contribution in [3.8, 4) is 5.75 Å². The van der Waals surface area contributed by atoms with Gasteiger partial charge in [0.05, 0.1) is 18.1 Å². The van der Waals surface area contributed by atoms with Crippen LogP contribution in [0.3, 0.4) is 0 Å². The number of pyridine rings is 1. The van der Waals surface area contributed by atoms with Gasteiger partial charge in [-0.05, 0) is 0 Å². The first-order valence-corrected chi connectivity index (χ1v) is 3.97. The predicted molar refractivity (Wildman–Crippen MR) is 46.3 cm³/mol. The van der Waals surface area contributed by atoms with E-state index < -0.39 is 4.92 Å². The molecule has 1 rings (SSSR count). The molecule has 0 spiro atoms. The van der Waals surface area contributed by atoms with Gasteiger partial charge in [-0.2, -0.15) is 4.73 Å². The fraction of sp³-hybridized carbons (Fsp3) is 0.167. The van der Waals surface area contributed by atoms with Gasteiger partial charge in [-0.3, -0.25) is 10.1 Å². The predicted octanol–water partition coefficient (Wildman–Crippen LogP) is 0.999. The zero-order chi connectivity index (χ0) is 10.0. The summed E-state index contributed by atoms with van der Waals surface area (Å²) < 4.78 is 5.14. The summed E-state index contributed by atoms with van der Waals surface area (Å²) in [6.07, 6.45) is 1.03. The normalized spacial score (nSPS) is 9.69. The summed E-state index contributed by atoms with van der Waals surface area (Å²) in [5.41, 5.74) is -0.249. The zero-order valence-corrected chi connectivity index (χ0v) is 8.15. The molecule has 13 heavy (non-hydrogen) atoms. The van der Waals surface area contributed by atoms with E-state index >= 15 is 0 Å². The van der Waals surface area contributed by atoms with Crippen LogP contribution >= 0.6 is 15.9 Å². The van der Waals surface area contributed by atoms with Crippen LogP contribution in [0.1, 0.15) is 0 Å². The van der Waals surface area contributed by atoms with Crippen molar-refractivity contribution in [2.75, 3.05) is 7.11 Å². The van der Waals surface area contributed by atoms with Gasteiger partial charge in [-0.15, -0.1) is 0 Å². The van der Waals surface area contributed by atoms with Crippen molar-refractivity contribution in [3.05, 3.63) is 32.2 Å². The van der Waals surface area contributed by atoms with E-state index in [4.69, 9.17) is 4.74 Å². The summed E-state index contributed by atoms with van der Waals surface area (Å²) in [5.74, 6) is -0.0810. The third-order valence-corrected chi connectivity index (χ3v) is 2.09. The molecule has 6 nitrogen and oxygen atoms in total. The van der Waals surface area contributed by atoms with Crippen molar-refractivity contribution in [1.82, 2.24) is 0 Å². The Morgan fingerprint density at radius 1 is 1.69 bits per heavy atom. The lowest BCUT2D eigenvalue weighted by molar-refractivity contribution is -0.618. The van der Waals surface area contributed by atoms with Crippen LogP contribution in [0.2, 0.25) is 0 Å². The highest BCUT2D eigenvalue weighted by Crippen LogP contribution is 2.31. The van der Waals surface area contributed by atoms with E-state index in [9.17, 15) is 15.3 Å². The smallest absolute Gasteiger partial charge is 0.324 e. The molecular weight excluding hydrogens is 244 g/mol. The standard InChI is InChI=1S/C6H5BrN2O4/c1-13-5-4(9(11)12)2-3-8(10)6(5)7/h2-3H,1H3. The lowest BCUT2D eigenvalue weighted by Crippen LogP contribution is -2.27. The zero-order valence-electron chi connectivity index (χ0n) is 6.56. The molecule has 1 heterocycles. The van der Waals surface area contributed by atoms with Crippen LogP contribution in [0, 0.1) is 15.3 Å². The number of methoxy groups -OCH3 is 1. The minimum absolute atomic E-state index is 0.01000. The van der Waals surface area contributed by atoms with Crippen LogP contribution in [-0.2, 0) is 0 Å². The van der Waals surface area contributed by atoms with Gasteiger partial charge in [0.15, 0.2) is 6.20 Å². The largest absolute Gasteiger partial charge is 0.618 e. The van der Waals surface area contributed by atoms with Gasteiger partial charge >= 0.3 is 10.3 Å². The van der Waals surface area contributed by atoms with Crippen molar-refractivity contribution in [1.29, 1.82) is 0 Å². The average molecular weight is 249 g/mol. The van der Waals surface area contributed by atoms with E-state index in [0.29, 0.717) is 4.73 Å². The summed E-state index contributed by atoms with van der Waals surface area (Å²) in [4.78, 5) is 9.82. The van der Waals surface area contributed by atoms with Crippen LogP contribution in [0.25, 0.3) is 0 Å². The Bertz CT molecular complexity index is 355. The molecule has 0 aliphatic heterocycles. The van der Waals surface area contributed by atoms with E-state index in [2.05, 4.69) is 15.9 Å². The number of hydrogen-bond donors (Lipinski definition) is 0. The van der Waals surface area contributed by atoms with E-state index in [-0.39, 0.29) is 16.0 Å². The maximum absolute atomic E-state index is 10.9. The quantitative estimate of drug-likeness (QED) is 0.257. The molecule has 1 aromatic rings. The Balaban J connectivity index is 3.38. The second-order valence-electron chi connectivity index (χ2n) is 2.11. The summed E-state index contributed by atoms with van der Waals surface area (Å²) in [6.45, 7) is 0. The van der Waals surface area contributed by atoms with Crippen molar-refractivity contribution in [3.63, 3.8) is 0 Å². The molecule has 0 radical (unpaired) electrons. The summed E-state index contributed by atoms with van der Waals surface area (Å²) in [5, 5.41) is 21.4. The fourth-order valence-electron chi connectivity index (χ4n) is 0.818. The van der Waals surface area contributed by atoms with Crippen LogP contribution in [0.5, 0.6) is 5.75 Å². The van der Waals surface area contributed by atoms with Crippen molar-refractivity contribution >= 4 is 21.6 Å². The second-order valence-corrected chi connectivity index (χ2v) is 2.86. The highest BCUT2D eigenvalue weighted by Gasteiger charge is 2.23. The first-order chi connectivity index (χ1) is 6.07. The van der Waals surface area contributed by atoms with Crippen molar-refractivity contribution in [2.45, 2.75) is 0 Å². The first kappa shape index (κ1) is 9.72. The van der Waals surface area contributed by atoms with Crippen molar-refractivity contribution in [2.24, 2.45) is 0 Å². The van der Waals surface area contributed by atoms with Crippen molar-refractivity contribution < 1.29 is 14.4 Å². The van der Waals surface area contributed by atoms with Gasteiger partial charge in [0.25, 0.3) is 5.75 Å². The van der Waals surface area contributed by atoms with Crippen LogP contribution in [0.4, 0.5) is 5.69 Å². The third-order valence-electron chi connectivity index (χ3n) is 1.38. The maximum atomic E-state index is 10.9. The fourth-order valence-corrected chi connectivity index (χ4v) is 1.30. The number of nitrogens with zero attached hydrogens (tertiary/aromatic N) is 2. The van der Waals surface area contributed by atoms with Gasteiger partial charge in [0.2, 0.25) is 0 Å². The summed E-state index contributed by atoms with van der Waals surface area (Å²) in [6, 6.07) is 1.08. The molecule has 0 aliphatic rings. The third kappa shape index (κ3) is 1.69. The monoisotopic (exact) mass is 248 g/mol. The summed E-state index contributed by atoms with van der Waals surface area (Å²) >= 11 is 2.88. The number of nitro groups is 1. The lowest BCUT2D eigenvalue weighted by Gasteiger charge is -2.03. The number of hydrogen-bond acceptors (Lipinski definition) is 4. The van der Waals surface area contributed by atoms with Crippen LogP contribution in [0.15, 0.2) is 16.9 Å². The molecule has 0 saturated heterocycles. The minimum atomic E-state index is -0.621. The highest BCUT2D eigenvalue weighted by molar-refractivity contribution is 9.10. The average Bonchev–Trinajstić information content (AvgIpc) is 2.09. The Labute approximate surface area is 81.6 Å². The van der Waals surface area contributed by atoms with Gasteiger partial charge in [-0.1, -0.05) is 0 Å². The number of rotatable bonds is 2. The van der Waals surface area contributed by atoms with Crippen LogP contribution < -0.4 is 9.47 Å². The number of ether oxygens (including phenoxy) is 1.